The number of nitrogens with zero attached hydrogens (tertiary/aromatic N) is 3. The summed E-state index contributed by atoms with van der Waals surface area (Å²) in [6.45, 7) is 3.74. The molecule has 2 atom stereocenters. The van der Waals surface area contributed by atoms with Crippen molar-refractivity contribution in [3.05, 3.63) is 59.9 Å². The number of aromatic nitrogens is 2. The fourth-order valence-corrected chi connectivity index (χ4v) is 4.38. The molecule has 1 aromatic heterocycles. The number of ether oxygens (including phenoxy) is 1. The molecule has 1 fully saturated rings. The number of amides is 2. The number of hydrogen-bond donors (Lipinski definition) is 1. The van der Waals surface area contributed by atoms with Gasteiger partial charge in [0.1, 0.15) is 5.75 Å². The Morgan fingerprint density at radius 1 is 1.26 bits per heavy atom. The summed E-state index contributed by atoms with van der Waals surface area (Å²) in [5.74, 6) is 0.571. The molecule has 0 spiro atoms. The maximum atomic E-state index is 13.1. The van der Waals surface area contributed by atoms with Gasteiger partial charge in [0.15, 0.2) is 0 Å². The van der Waals surface area contributed by atoms with Crippen LogP contribution in [0.4, 0.5) is 0 Å². The number of carbonyl (C=O) groups is 2. The number of aryl methyl sites for hydroxylation is 2. The molecule has 4 rings (SSSR count). The molecule has 0 radical (unpaired) electrons. The molecule has 31 heavy (non-hydrogen) atoms. The predicted octanol–water partition coefficient (Wildman–Crippen LogP) is 3.10. The standard InChI is InChI=1S/C24H30N4O3/c1-18-12-15-27(26-18)16-13-23(29)28-14-7-9-20-21(28)10-3-2-6-17-31-22-11-5-4-8-19(22)24(30)25-20/h2-5,8,11-12,15,20-21H,6-7,9-10,13-14,16-17H2,1H3,(H,25,30)/b3-2+/t20-,21-/m0/s1. The molecule has 2 amide bonds. The number of hydrogen-bond acceptors (Lipinski definition) is 4. The molecule has 0 aliphatic carbocycles. The molecule has 0 unspecified atom stereocenters. The highest BCUT2D eigenvalue weighted by Gasteiger charge is 2.34. The first-order valence-corrected chi connectivity index (χ1v) is 11.1. The molecular weight excluding hydrogens is 392 g/mol. The summed E-state index contributed by atoms with van der Waals surface area (Å²) in [7, 11) is 0. The zero-order chi connectivity index (χ0) is 21.6. The zero-order valence-corrected chi connectivity index (χ0v) is 18.0. The van der Waals surface area contributed by atoms with Crippen LogP contribution in [-0.2, 0) is 11.3 Å². The molecular formula is C24H30N4O3. The van der Waals surface area contributed by atoms with Crippen molar-refractivity contribution in [2.75, 3.05) is 13.2 Å². The third-order valence-corrected chi connectivity index (χ3v) is 5.96. The van der Waals surface area contributed by atoms with E-state index in [0.717, 1.165) is 37.9 Å². The number of carbonyl (C=O) groups excluding carboxylic acids is 2. The topological polar surface area (TPSA) is 76.5 Å². The fraction of sp³-hybridized carbons (Fsp3) is 0.458. The lowest BCUT2D eigenvalue weighted by atomic mass is 9.92. The van der Waals surface area contributed by atoms with Crippen LogP contribution in [0.25, 0.3) is 0 Å². The van der Waals surface area contributed by atoms with Crippen molar-refractivity contribution in [3.63, 3.8) is 0 Å². The van der Waals surface area contributed by atoms with Crippen molar-refractivity contribution >= 4 is 11.8 Å². The number of benzene rings is 1. The van der Waals surface area contributed by atoms with Crippen LogP contribution in [-0.4, -0.2) is 51.7 Å². The van der Waals surface area contributed by atoms with Crippen LogP contribution < -0.4 is 10.1 Å². The zero-order valence-electron chi connectivity index (χ0n) is 18.0. The average Bonchev–Trinajstić information content (AvgIpc) is 3.19. The molecule has 2 aliphatic heterocycles. The van der Waals surface area contributed by atoms with Gasteiger partial charge in [-0.15, -0.1) is 0 Å². The first-order chi connectivity index (χ1) is 15.1. The van der Waals surface area contributed by atoms with E-state index in [-0.39, 0.29) is 23.9 Å². The van der Waals surface area contributed by atoms with Crippen molar-refractivity contribution in [2.45, 2.75) is 57.7 Å². The Morgan fingerprint density at radius 3 is 2.97 bits per heavy atom. The number of rotatable bonds is 3. The molecule has 7 nitrogen and oxygen atoms in total. The number of fused-ring (bicyclic) bond motifs is 2. The van der Waals surface area contributed by atoms with Gasteiger partial charge in [-0.2, -0.15) is 5.10 Å². The van der Waals surface area contributed by atoms with Gasteiger partial charge in [-0.1, -0.05) is 24.3 Å². The number of likely N-dealkylation sites (tertiary alicyclic amines) is 1. The van der Waals surface area contributed by atoms with E-state index in [4.69, 9.17) is 4.74 Å². The molecule has 2 aromatic rings. The molecule has 0 saturated carbocycles. The highest BCUT2D eigenvalue weighted by molar-refractivity contribution is 5.97. The van der Waals surface area contributed by atoms with Gasteiger partial charge in [-0.25, -0.2) is 0 Å². The second-order valence-electron chi connectivity index (χ2n) is 8.19. The van der Waals surface area contributed by atoms with E-state index in [0.29, 0.717) is 30.9 Å². The Labute approximate surface area is 183 Å². The van der Waals surface area contributed by atoms with Crippen LogP contribution >= 0.6 is 0 Å². The van der Waals surface area contributed by atoms with Crippen LogP contribution in [0.2, 0.25) is 0 Å². The Bertz CT molecular complexity index is 952. The molecule has 0 bridgehead atoms. The molecule has 3 heterocycles. The summed E-state index contributed by atoms with van der Waals surface area (Å²) in [5.41, 5.74) is 1.49. The second kappa shape index (κ2) is 9.81. The van der Waals surface area contributed by atoms with Crippen molar-refractivity contribution in [1.82, 2.24) is 20.0 Å². The van der Waals surface area contributed by atoms with Gasteiger partial charge in [0.25, 0.3) is 5.91 Å². The van der Waals surface area contributed by atoms with Gasteiger partial charge in [-0.05, 0) is 50.8 Å². The van der Waals surface area contributed by atoms with E-state index in [1.54, 1.807) is 6.07 Å². The van der Waals surface area contributed by atoms with E-state index >= 15 is 0 Å². The summed E-state index contributed by atoms with van der Waals surface area (Å²) in [6, 6.07) is 9.14. The minimum Gasteiger partial charge on any atom is -0.492 e. The van der Waals surface area contributed by atoms with Gasteiger partial charge < -0.3 is 15.0 Å². The van der Waals surface area contributed by atoms with Crippen LogP contribution in [0.1, 0.15) is 48.2 Å². The van der Waals surface area contributed by atoms with Gasteiger partial charge in [0.2, 0.25) is 5.91 Å². The maximum absolute atomic E-state index is 13.1. The van der Waals surface area contributed by atoms with E-state index in [1.165, 1.54) is 0 Å². The smallest absolute Gasteiger partial charge is 0.255 e. The van der Waals surface area contributed by atoms with Crippen LogP contribution in [0, 0.1) is 6.92 Å². The van der Waals surface area contributed by atoms with Crippen LogP contribution in [0.3, 0.4) is 0 Å². The lowest BCUT2D eigenvalue weighted by molar-refractivity contribution is -0.135. The molecule has 7 heteroatoms. The Hall–Kier alpha value is -3.09. The highest BCUT2D eigenvalue weighted by Crippen LogP contribution is 2.25. The SMILES string of the molecule is Cc1ccn(CCC(=O)N2CCC[C@@H]3NC(=O)c4ccccc4OCC/C=C/C[C@@H]32)n1. The number of para-hydroxylation sites is 1. The summed E-state index contributed by atoms with van der Waals surface area (Å²) in [4.78, 5) is 28.1. The van der Waals surface area contributed by atoms with E-state index in [9.17, 15) is 9.59 Å². The van der Waals surface area contributed by atoms with Crippen LogP contribution in [0.5, 0.6) is 5.75 Å². The third-order valence-electron chi connectivity index (χ3n) is 5.96. The minimum absolute atomic E-state index is 0.0479. The summed E-state index contributed by atoms with van der Waals surface area (Å²) >= 11 is 0. The van der Waals surface area contributed by atoms with Gasteiger partial charge in [-0.3, -0.25) is 14.3 Å². The Morgan fingerprint density at radius 2 is 2.13 bits per heavy atom. The summed E-state index contributed by atoms with van der Waals surface area (Å²) in [5, 5.41) is 7.57. The third kappa shape index (κ3) is 5.16. The molecule has 1 aromatic carbocycles. The van der Waals surface area contributed by atoms with Crippen molar-refractivity contribution in [2.24, 2.45) is 0 Å². The Kier molecular flexibility index (Phi) is 6.70. The van der Waals surface area contributed by atoms with Gasteiger partial charge in [0, 0.05) is 31.7 Å². The molecule has 1 saturated heterocycles. The van der Waals surface area contributed by atoms with Gasteiger partial charge in [0.05, 0.1) is 23.9 Å². The lowest BCUT2D eigenvalue weighted by Crippen LogP contribution is -2.57. The minimum atomic E-state index is -0.142. The van der Waals surface area contributed by atoms with E-state index < -0.39 is 0 Å². The molecule has 164 valence electrons. The van der Waals surface area contributed by atoms with Crippen LogP contribution in [0.15, 0.2) is 48.7 Å². The normalized spacial score (nSPS) is 22.7. The Balaban J connectivity index is 1.51. The van der Waals surface area contributed by atoms with Crippen molar-refractivity contribution in [3.8, 4) is 5.75 Å². The largest absolute Gasteiger partial charge is 0.492 e. The average molecular weight is 423 g/mol. The summed E-state index contributed by atoms with van der Waals surface area (Å²) < 4.78 is 7.63. The molecule has 2 aliphatic rings. The summed E-state index contributed by atoms with van der Waals surface area (Å²) in [6.07, 6.45) is 9.74. The first-order valence-electron chi connectivity index (χ1n) is 11.1. The van der Waals surface area contributed by atoms with Crippen molar-refractivity contribution < 1.29 is 14.3 Å². The lowest BCUT2D eigenvalue weighted by Gasteiger charge is -2.41. The maximum Gasteiger partial charge on any atom is 0.255 e. The van der Waals surface area contributed by atoms with E-state index in [1.807, 2.05) is 47.0 Å². The monoisotopic (exact) mass is 422 g/mol. The predicted molar refractivity (Wildman–Crippen MR) is 118 cm³/mol. The van der Waals surface area contributed by atoms with Crippen molar-refractivity contribution in [1.29, 1.82) is 0 Å². The highest BCUT2D eigenvalue weighted by atomic mass is 16.5. The molecule has 1 N–H and O–H groups in total. The van der Waals surface area contributed by atoms with Gasteiger partial charge >= 0.3 is 0 Å². The van der Waals surface area contributed by atoms with E-state index in [2.05, 4.69) is 22.6 Å². The first kappa shape index (κ1) is 21.2. The number of nitrogens with one attached hydrogen (secondary N) is 1. The second-order valence-corrected chi connectivity index (χ2v) is 8.19. The fourth-order valence-electron chi connectivity index (χ4n) is 4.38. The quantitative estimate of drug-likeness (QED) is 0.771. The number of piperidine rings is 1.